The van der Waals surface area contributed by atoms with Crippen LogP contribution < -0.4 is 0 Å². The molecule has 124 valence electrons. The highest BCUT2D eigenvalue weighted by atomic mass is 16.5. The van der Waals surface area contributed by atoms with Gasteiger partial charge in [-0.2, -0.15) is 0 Å². The van der Waals surface area contributed by atoms with Crippen LogP contribution in [-0.2, 0) is 16.0 Å². The van der Waals surface area contributed by atoms with E-state index in [9.17, 15) is 9.59 Å². The van der Waals surface area contributed by atoms with Crippen LogP contribution in [-0.4, -0.2) is 37.0 Å². The molecule has 0 atom stereocenters. The number of nitrogens with zero attached hydrogens (tertiary/aromatic N) is 1. The molecule has 0 N–H and O–H groups in total. The molecule has 0 saturated carbocycles. The Morgan fingerprint density at radius 1 is 1.00 bits per heavy atom. The predicted octanol–water partition coefficient (Wildman–Crippen LogP) is 3.31. The van der Waals surface area contributed by atoms with Crippen molar-refractivity contribution < 1.29 is 14.3 Å². The van der Waals surface area contributed by atoms with Crippen LogP contribution >= 0.6 is 0 Å². The third-order valence-electron chi connectivity index (χ3n) is 4.37. The first-order valence-electron chi connectivity index (χ1n) is 8.23. The standard InChI is InChI=1S/C20H21NO3/c1-24-19(22)13-15-7-9-16(10-8-15)17-5-4-6-18(14-17)20(23)21-11-2-3-12-21/h4-10,14H,2-3,11-13H2,1H3. The van der Waals surface area contributed by atoms with Crippen LogP contribution in [0.15, 0.2) is 48.5 Å². The van der Waals surface area contributed by atoms with Crippen LogP contribution in [0, 0.1) is 0 Å². The Morgan fingerprint density at radius 3 is 2.38 bits per heavy atom. The third kappa shape index (κ3) is 3.65. The molecule has 0 radical (unpaired) electrons. The van der Waals surface area contributed by atoms with Gasteiger partial charge in [0.25, 0.3) is 5.91 Å². The van der Waals surface area contributed by atoms with E-state index >= 15 is 0 Å². The fraction of sp³-hybridized carbons (Fsp3) is 0.300. The first-order valence-corrected chi connectivity index (χ1v) is 8.23. The lowest BCUT2D eigenvalue weighted by Gasteiger charge is -2.15. The highest BCUT2D eigenvalue weighted by Gasteiger charge is 2.19. The van der Waals surface area contributed by atoms with Crippen molar-refractivity contribution in [2.75, 3.05) is 20.2 Å². The highest BCUT2D eigenvalue weighted by molar-refractivity contribution is 5.95. The summed E-state index contributed by atoms with van der Waals surface area (Å²) in [7, 11) is 1.39. The van der Waals surface area contributed by atoms with Crippen molar-refractivity contribution in [2.45, 2.75) is 19.3 Å². The third-order valence-corrected chi connectivity index (χ3v) is 4.37. The first kappa shape index (κ1) is 16.2. The smallest absolute Gasteiger partial charge is 0.309 e. The lowest BCUT2D eigenvalue weighted by atomic mass is 10.0. The molecule has 0 spiro atoms. The number of hydrogen-bond donors (Lipinski definition) is 0. The SMILES string of the molecule is COC(=O)Cc1ccc(-c2cccc(C(=O)N3CCCC3)c2)cc1. The second kappa shape index (κ2) is 7.30. The van der Waals surface area contributed by atoms with Gasteiger partial charge < -0.3 is 9.64 Å². The maximum atomic E-state index is 12.5. The van der Waals surface area contributed by atoms with Crippen molar-refractivity contribution in [2.24, 2.45) is 0 Å². The van der Waals surface area contributed by atoms with E-state index in [1.54, 1.807) is 0 Å². The quantitative estimate of drug-likeness (QED) is 0.811. The molecule has 2 aromatic carbocycles. The maximum Gasteiger partial charge on any atom is 0.309 e. The Kier molecular flexibility index (Phi) is 4.94. The number of esters is 1. The van der Waals surface area contributed by atoms with Gasteiger partial charge in [-0.15, -0.1) is 0 Å². The van der Waals surface area contributed by atoms with Crippen molar-refractivity contribution in [1.29, 1.82) is 0 Å². The number of hydrogen-bond acceptors (Lipinski definition) is 3. The minimum atomic E-state index is -0.249. The largest absolute Gasteiger partial charge is 0.469 e. The van der Waals surface area contributed by atoms with Gasteiger partial charge in [0.1, 0.15) is 0 Å². The Hall–Kier alpha value is -2.62. The topological polar surface area (TPSA) is 46.6 Å². The molecular formula is C20H21NO3. The molecule has 1 saturated heterocycles. The predicted molar refractivity (Wildman–Crippen MR) is 92.7 cm³/mol. The van der Waals surface area contributed by atoms with E-state index in [1.807, 2.05) is 53.4 Å². The molecule has 2 aromatic rings. The maximum absolute atomic E-state index is 12.5. The molecule has 0 aliphatic carbocycles. The average Bonchev–Trinajstić information content (AvgIpc) is 3.16. The van der Waals surface area contributed by atoms with Crippen LogP contribution in [0.3, 0.4) is 0 Å². The molecule has 1 aliphatic rings. The van der Waals surface area contributed by atoms with E-state index in [0.717, 1.165) is 48.2 Å². The number of ether oxygens (including phenoxy) is 1. The Bertz CT molecular complexity index is 731. The van der Waals surface area contributed by atoms with Crippen molar-refractivity contribution in [1.82, 2.24) is 4.90 Å². The molecule has 24 heavy (non-hydrogen) atoms. The van der Waals surface area contributed by atoms with Gasteiger partial charge in [0.15, 0.2) is 0 Å². The zero-order valence-electron chi connectivity index (χ0n) is 13.8. The van der Waals surface area contributed by atoms with E-state index in [-0.39, 0.29) is 18.3 Å². The molecular weight excluding hydrogens is 302 g/mol. The summed E-state index contributed by atoms with van der Waals surface area (Å²) in [5.74, 6) is -0.141. The van der Waals surface area contributed by atoms with Gasteiger partial charge in [-0.1, -0.05) is 36.4 Å². The normalized spacial score (nSPS) is 13.8. The molecule has 4 heteroatoms. The van der Waals surface area contributed by atoms with Crippen molar-refractivity contribution in [3.8, 4) is 11.1 Å². The van der Waals surface area contributed by atoms with Crippen LogP contribution in [0.4, 0.5) is 0 Å². The van der Waals surface area contributed by atoms with Gasteiger partial charge in [-0.25, -0.2) is 0 Å². The first-order chi connectivity index (χ1) is 11.7. The summed E-state index contributed by atoms with van der Waals surface area (Å²) in [4.78, 5) is 25.7. The molecule has 0 aromatic heterocycles. The Balaban J connectivity index is 1.78. The van der Waals surface area contributed by atoms with Crippen molar-refractivity contribution in [3.05, 3.63) is 59.7 Å². The fourth-order valence-electron chi connectivity index (χ4n) is 2.99. The van der Waals surface area contributed by atoms with Crippen LogP contribution in [0.2, 0.25) is 0 Å². The Labute approximate surface area is 142 Å². The number of methoxy groups -OCH3 is 1. The van der Waals surface area contributed by atoms with Crippen LogP contribution in [0.25, 0.3) is 11.1 Å². The number of rotatable bonds is 4. The zero-order chi connectivity index (χ0) is 16.9. The summed E-state index contributed by atoms with van der Waals surface area (Å²) >= 11 is 0. The monoisotopic (exact) mass is 323 g/mol. The second-order valence-electron chi connectivity index (χ2n) is 6.03. The lowest BCUT2D eigenvalue weighted by molar-refractivity contribution is -0.139. The van der Waals surface area contributed by atoms with Gasteiger partial charge in [0.05, 0.1) is 13.5 Å². The van der Waals surface area contributed by atoms with Gasteiger partial charge in [0.2, 0.25) is 0 Å². The van der Waals surface area contributed by atoms with Gasteiger partial charge in [0, 0.05) is 18.7 Å². The molecule has 4 nitrogen and oxygen atoms in total. The molecule has 3 rings (SSSR count). The summed E-state index contributed by atoms with van der Waals surface area (Å²) in [5.41, 5.74) is 3.67. The van der Waals surface area contributed by atoms with E-state index in [2.05, 4.69) is 4.74 Å². The zero-order valence-corrected chi connectivity index (χ0v) is 13.8. The van der Waals surface area contributed by atoms with Crippen LogP contribution in [0.1, 0.15) is 28.8 Å². The minimum absolute atomic E-state index is 0.108. The summed E-state index contributed by atoms with van der Waals surface area (Å²) in [6, 6.07) is 15.5. The Morgan fingerprint density at radius 2 is 1.71 bits per heavy atom. The number of carbonyl (C=O) groups excluding carboxylic acids is 2. The molecule has 0 unspecified atom stereocenters. The summed E-state index contributed by atoms with van der Waals surface area (Å²) < 4.78 is 4.68. The summed E-state index contributed by atoms with van der Waals surface area (Å²) in [6.45, 7) is 1.70. The van der Waals surface area contributed by atoms with Gasteiger partial charge in [-0.3, -0.25) is 9.59 Å². The van der Waals surface area contributed by atoms with E-state index in [1.165, 1.54) is 7.11 Å². The summed E-state index contributed by atoms with van der Waals surface area (Å²) in [6.07, 6.45) is 2.45. The number of benzene rings is 2. The summed E-state index contributed by atoms with van der Waals surface area (Å²) in [5, 5.41) is 0. The van der Waals surface area contributed by atoms with Crippen molar-refractivity contribution in [3.63, 3.8) is 0 Å². The number of carbonyl (C=O) groups is 2. The average molecular weight is 323 g/mol. The molecule has 1 heterocycles. The number of likely N-dealkylation sites (tertiary alicyclic amines) is 1. The van der Waals surface area contributed by atoms with Gasteiger partial charge in [-0.05, 0) is 41.7 Å². The van der Waals surface area contributed by atoms with Gasteiger partial charge >= 0.3 is 5.97 Å². The molecule has 0 bridgehead atoms. The lowest BCUT2D eigenvalue weighted by Crippen LogP contribution is -2.27. The molecule has 1 amide bonds. The molecule has 1 aliphatic heterocycles. The van der Waals surface area contributed by atoms with E-state index in [0.29, 0.717) is 0 Å². The van der Waals surface area contributed by atoms with Crippen molar-refractivity contribution >= 4 is 11.9 Å². The highest BCUT2D eigenvalue weighted by Crippen LogP contribution is 2.23. The van der Waals surface area contributed by atoms with Crippen LogP contribution in [0.5, 0.6) is 0 Å². The fourth-order valence-corrected chi connectivity index (χ4v) is 2.99. The van der Waals surface area contributed by atoms with E-state index < -0.39 is 0 Å². The van der Waals surface area contributed by atoms with E-state index in [4.69, 9.17) is 0 Å². The number of amides is 1. The minimum Gasteiger partial charge on any atom is -0.469 e. The molecule has 1 fully saturated rings. The second-order valence-corrected chi connectivity index (χ2v) is 6.03.